The molecule has 1 fully saturated rings. The smallest absolute Gasteiger partial charge is 0.416 e. The number of anilines is 1. The lowest BCUT2D eigenvalue weighted by Crippen LogP contribution is -2.43. The van der Waals surface area contributed by atoms with E-state index in [1.54, 1.807) is 0 Å². The van der Waals surface area contributed by atoms with Gasteiger partial charge in [0.2, 0.25) is 0 Å². The predicted molar refractivity (Wildman–Crippen MR) is 83.1 cm³/mol. The fraction of sp³-hybridized carbons (Fsp3) is 0.533. The molecule has 0 spiro atoms. The lowest BCUT2D eigenvalue weighted by molar-refractivity contribution is -0.137. The van der Waals surface area contributed by atoms with E-state index in [0.29, 0.717) is 24.2 Å². The molecule has 2 aliphatic heterocycles. The van der Waals surface area contributed by atoms with Gasteiger partial charge in [0.25, 0.3) is 0 Å². The number of hydrogen-bond acceptors (Lipinski definition) is 3. The van der Waals surface area contributed by atoms with Crippen LogP contribution in [0.3, 0.4) is 0 Å². The summed E-state index contributed by atoms with van der Waals surface area (Å²) in [6.07, 6.45) is -5.03. The topological polar surface area (TPSA) is 43.8 Å². The molecule has 1 saturated heterocycles. The number of amides is 1. The quantitative estimate of drug-likeness (QED) is 0.842. The summed E-state index contributed by atoms with van der Waals surface area (Å²) in [5.74, 6) is 1.90. The summed E-state index contributed by atoms with van der Waals surface area (Å²) >= 11 is 1.83. The average Bonchev–Trinajstić information content (AvgIpc) is 2.53. The molecule has 1 atom stereocenters. The minimum atomic E-state index is -4.43. The average molecular weight is 346 g/mol. The van der Waals surface area contributed by atoms with Crippen LogP contribution < -0.4 is 4.90 Å². The predicted octanol–water partition coefficient (Wildman–Crippen LogP) is 3.68. The van der Waals surface area contributed by atoms with Crippen LogP contribution >= 0.6 is 11.8 Å². The highest BCUT2D eigenvalue weighted by atomic mass is 32.2. The van der Waals surface area contributed by atoms with Gasteiger partial charge < -0.3 is 5.11 Å². The van der Waals surface area contributed by atoms with Gasteiger partial charge in [-0.2, -0.15) is 24.9 Å². The zero-order valence-corrected chi connectivity index (χ0v) is 13.2. The SMILES string of the molecule is O=C(O)N1CCC(N2CCSCC2)c2cc(C(F)(F)F)ccc21. The number of hydrogen-bond donors (Lipinski definition) is 1. The maximum absolute atomic E-state index is 13.0. The third kappa shape index (κ3) is 3.28. The number of alkyl halides is 3. The van der Waals surface area contributed by atoms with Crippen LogP contribution in [0.15, 0.2) is 18.2 Å². The van der Waals surface area contributed by atoms with Crippen molar-refractivity contribution in [3.63, 3.8) is 0 Å². The van der Waals surface area contributed by atoms with Crippen molar-refractivity contribution in [2.45, 2.75) is 18.6 Å². The maximum atomic E-state index is 13.0. The molecule has 1 unspecified atom stereocenters. The molecule has 3 rings (SSSR count). The number of carbonyl (C=O) groups is 1. The third-order valence-electron chi connectivity index (χ3n) is 4.35. The Morgan fingerprint density at radius 1 is 1.22 bits per heavy atom. The Morgan fingerprint density at radius 3 is 2.52 bits per heavy atom. The summed E-state index contributed by atoms with van der Waals surface area (Å²) in [7, 11) is 0. The molecule has 2 heterocycles. The normalized spacial score (nSPS) is 22.7. The van der Waals surface area contributed by atoms with Crippen LogP contribution in [-0.2, 0) is 6.18 Å². The molecular weight excluding hydrogens is 329 g/mol. The van der Waals surface area contributed by atoms with Gasteiger partial charge in [0, 0.05) is 37.2 Å². The van der Waals surface area contributed by atoms with Gasteiger partial charge in [-0.25, -0.2) is 4.79 Å². The van der Waals surface area contributed by atoms with Crippen molar-refractivity contribution in [3.05, 3.63) is 29.3 Å². The number of thioether (sulfide) groups is 1. The fourth-order valence-corrected chi connectivity index (χ4v) is 4.17. The van der Waals surface area contributed by atoms with Crippen molar-refractivity contribution >= 4 is 23.5 Å². The van der Waals surface area contributed by atoms with Crippen molar-refractivity contribution < 1.29 is 23.1 Å². The largest absolute Gasteiger partial charge is 0.465 e. The van der Waals surface area contributed by atoms with Gasteiger partial charge in [-0.05, 0) is 30.2 Å². The minimum Gasteiger partial charge on any atom is -0.465 e. The van der Waals surface area contributed by atoms with E-state index in [0.717, 1.165) is 41.6 Å². The number of nitrogens with zero attached hydrogens (tertiary/aromatic N) is 2. The first kappa shape index (κ1) is 16.4. The molecule has 23 heavy (non-hydrogen) atoms. The summed E-state index contributed by atoms with van der Waals surface area (Å²) in [5.41, 5.74) is 0.125. The highest BCUT2D eigenvalue weighted by Gasteiger charge is 2.36. The first-order valence-corrected chi connectivity index (χ1v) is 8.57. The zero-order valence-electron chi connectivity index (χ0n) is 12.3. The number of fused-ring (bicyclic) bond motifs is 1. The van der Waals surface area contributed by atoms with E-state index < -0.39 is 17.8 Å². The zero-order chi connectivity index (χ0) is 16.6. The van der Waals surface area contributed by atoms with Gasteiger partial charge in [-0.15, -0.1) is 0 Å². The molecule has 1 amide bonds. The Hall–Kier alpha value is -1.41. The second-order valence-corrected chi connectivity index (χ2v) is 6.88. The monoisotopic (exact) mass is 346 g/mol. The Morgan fingerprint density at radius 2 is 1.91 bits per heavy atom. The lowest BCUT2D eigenvalue weighted by atomic mass is 9.93. The Balaban J connectivity index is 2.02. The molecule has 1 aromatic rings. The molecule has 126 valence electrons. The van der Waals surface area contributed by atoms with Crippen LogP contribution in [0.25, 0.3) is 0 Å². The summed E-state index contributed by atoms with van der Waals surface area (Å²) in [5, 5.41) is 9.30. The van der Waals surface area contributed by atoms with Crippen LogP contribution in [0.4, 0.5) is 23.7 Å². The highest BCUT2D eigenvalue weighted by Crippen LogP contribution is 2.41. The fourth-order valence-electron chi connectivity index (χ4n) is 3.24. The molecule has 0 saturated carbocycles. The van der Waals surface area contributed by atoms with Crippen molar-refractivity contribution in [1.82, 2.24) is 4.90 Å². The molecule has 8 heteroatoms. The second-order valence-electron chi connectivity index (χ2n) is 5.66. The number of rotatable bonds is 1. The molecule has 0 radical (unpaired) electrons. The van der Waals surface area contributed by atoms with Gasteiger partial charge in [0.1, 0.15) is 0 Å². The van der Waals surface area contributed by atoms with Crippen LogP contribution in [0.5, 0.6) is 0 Å². The van der Waals surface area contributed by atoms with E-state index in [9.17, 15) is 23.1 Å². The van der Waals surface area contributed by atoms with Gasteiger partial charge >= 0.3 is 12.3 Å². The third-order valence-corrected chi connectivity index (χ3v) is 5.29. The Labute approximate surface area is 136 Å². The summed E-state index contributed by atoms with van der Waals surface area (Å²) in [6, 6.07) is 3.22. The number of carboxylic acid groups (broad SMARTS) is 1. The first-order valence-electron chi connectivity index (χ1n) is 7.41. The Kier molecular flexibility index (Phi) is 4.46. The van der Waals surface area contributed by atoms with E-state index in [2.05, 4.69) is 4.90 Å². The van der Waals surface area contributed by atoms with Crippen molar-refractivity contribution in [3.8, 4) is 0 Å². The van der Waals surface area contributed by atoms with E-state index in [4.69, 9.17) is 0 Å². The highest BCUT2D eigenvalue weighted by molar-refractivity contribution is 7.99. The molecular formula is C15H17F3N2O2S. The molecule has 1 N–H and O–H groups in total. The summed E-state index contributed by atoms with van der Waals surface area (Å²) in [6.45, 7) is 1.94. The minimum absolute atomic E-state index is 0.149. The van der Waals surface area contributed by atoms with Gasteiger partial charge in [0.15, 0.2) is 0 Å². The Bertz CT molecular complexity index is 603. The lowest BCUT2D eigenvalue weighted by Gasteiger charge is -2.40. The van der Waals surface area contributed by atoms with Crippen molar-refractivity contribution in [2.75, 3.05) is 36.0 Å². The summed E-state index contributed by atoms with van der Waals surface area (Å²) in [4.78, 5) is 14.7. The van der Waals surface area contributed by atoms with Crippen molar-refractivity contribution in [1.29, 1.82) is 0 Å². The van der Waals surface area contributed by atoms with E-state index in [1.807, 2.05) is 11.8 Å². The van der Waals surface area contributed by atoms with E-state index >= 15 is 0 Å². The molecule has 0 aromatic heterocycles. The van der Waals surface area contributed by atoms with Gasteiger partial charge in [-0.3, -0.25) is 9.80 Å². The maximum Gasteiger partial charge on any atom is 0.416 e. The van der Waals surface area contributed by atoms with Crippen molar-refractivity contribution in [2.24, 2.45) is 0 Å². The molecule has 1 aromatic carbocycles. The number of benzene rings is 1. The van der Waals surface area contributed by atoms with Crippen LogP contribution in [0.2, 0.25) is 0 Å². The van der Waals surface area contributed by atoms with Gasteiger partial charge in [-0.1, -0.05) is 0 Å². The molecule has 0 bridgehead atoms. The molecule has 0 aliphatic carbocycles. The molecule has 2 aliphatic rings. The van der Waals surface area contributed by atoms with Crippen LogP contribution in [0, 0.1) is 0 Å². The van der Waals surface area contributed by atoms with Crippen LogP contribution in [-0.4, -0.2) is 47.2 Å². The summed E-state index contributed by atoms with van der Waals surface area (Å²) < 4.78 is 39.1. The van der Waals surface area contributed by atoms with E-state index in [-0.39, 0.29) is 6.04 Å². The first-order chi connectivity index (χ1) is 10.9. The number of halogens is 3. The molecule has 4 nitrogen and oxygen atoms in total. The second kappa shape index (κ2) is 6.24. The van der Waals surface area contributed by atoms with Gasteiger partial charge in [0.05, 0.1) is 11.3 Å². The van der Waals surface area contributed by atoms with E-state index in [1.165, 1.54) is 6.07 Å². The van der Waals surface area contributed by atoms with Crippen LogP contribution in [0.1, 0.15) is 23.6 Å². The standard InChI is InChI=1S/C15H17F3N2O2S/c16-15(17,18)10-1-2-13-11(9-10)12(3-4-20(13)14(21)22)19-5-7-23-8-6-19/h1-2,9,12H,3-8H2,(H,21,22).